The van der Waals surface area contributed by atoms with Crippen molar-refractivity contribution in [3.63, 3.8) is 0 Å². The molecule has 8 rings (SSSR count). The third-order valence-electron chi connectivity index (χ3n) is 18.7. The third-order valence-corrected chi connectivity index (χ3v) is 18.7. The predicted molar refractivity (Wildman–Crippen MR) is 234 cm³/mol. The molecule has 10 heteroatoms. The van der Waals surface area contributed by atoms with Crippen molar-refractivity contribution >= 4 is 40.4 Å². The number of carboxylic acids is 1. The second kappa shape index (κ2) is 14.2. The monoisotopic (exact) mass is 836 g/mol. The highest BCUT2D eigenvalue weighted by atomic mass is 16.5. The second-order valence-electron chi connectivity index (χ2n) is 23.0. The number of para-hydroxylation sites is 1. The standard InChI is InChI=1S/C51H69N3O7/c1-28(2)39-35(55)27-51(54-44(60)47(7,8)53-41(56)34-18-16-29-14-12-13-15-33(29)52-34)25-24-49(10)30(40(39)51)17-19-37-48(9)22-21-38(46(5,6)36(48)20-23-50(37,49)11)61-43(59)32-26-31(42(57)58)45(32,3)4/h12-16,18,28,30-32,36-38H,17,19-27H2,1-11H3,(H,53,56)(H,54,60)(H,57,58)/t30-,31+,32?,36+,37-,38+,48+,49-,50-,51-/m1/s1. The van der Waals surface area contributed by atoms with Crippen molar-refractivity contribution in [2.75, 3.05) is 0 Å². The topological polar surface area (TPSA) is 152 Å². The number of allylic oxidation sites excluding steroid dienone is 1. The molecular formula is C51H69N3O7. The second-order valence-corrected chi connectivity index (χ2v) is 23.0. The zero-order chi connectivity index (χ0) is 44.5. The Kier molecular flexibility index (Phi) is 10.2. The van der Waals surface area contributed by atoms with Crippen molar-refractivity contribution < 1.29 is 33.8 Å². The molecule has 2 aromatic rings. The van der Waals surface area contributed by atoms with Crippen molar-refractivity contribution in [1.29, 1.82) is 0 Å². The molecule has 3 N–H and O–H groups in total. The summed E-state index contributed by atoms with van der Waals surface area (Å²) in [7, 11) is 0. The summed E-state index contributed by atoms with van der Waals surface area (Å²) < 4.78 is 6.42. The number of Topliss-reactive ketones (excluding diaryl/α,β-unsaturated/α-hetero) is 1. The molecule has 5 fully saturated rings. The number of ketones is 1. The minimum atomic E-state index is -1.28. The van der Waals surface area contributed by atoms with Crippen LogP contribution in [-0.4, -0.2) is 56.8 Å². The van der Waals surface area contributed by atoms with E-state index in [1.165, 1.54) is 0 Å². The third kappa shape index (κ3) is 6.36. The number of hydrogen-bond acceptors (Lipinski definition) is 7. The smallest absolute Gasteiger partial charge is 0.309 e. The van der Waals surface area contributed by atoms with Crippen molar-refractivity contribution in [2.45, 2.75) is 158 Å². The van der Waals surface area contributed by atoms with Crippen molar-refractivity contribution in [2.24, 2.45) is 62.6 Å². The molecule has 1 aromatic carbocycles. The summed E-state index contributed by atoms with van der Waals surface area (Å²) in [6, 6.07) is 11.2. The maximum Gasteiger partial charge on any atom is 0.309 e. The van der Waals surface area contributed by atoms with Crippen LogP contribution in [0.5, 0.6) is 0 Å². The van der Waals surface area contributed by atoms with Gasteiger partial charge in [-0.15, -0.1) is 0 Å². The van der Waals surface area contributed by atoms with Gasteiger partial charge in [-0.1, -0.05) is 86.6 Å². The van der Waals surface area contributed by atoms with Crippen LogP contribution in [0.15, 0.2) is 47.5 Å². The van der Waals surface area contributed by atoms with E-state index in [2.05, 4.69) is 64.1 Å². The van der Waals surface area contributed by atoms with Crippen LogP contribution in [-0.2, 0) is 23.9 Å². The number of benzene rings is 1. The molecule has 61 heavy (non-hydrogen) atoms. The molecular weight excluding hydrogens is 767 g/mol. The minimum absolute atomic E-state index is 0.00779. The van der Waals surface area contributed by atoms with Gasteiger partial charge in [0.05, 0.1) is 22.9 Å². The Morgan fingerprint density at radius 1 is 0.820 bits per heavy atom. The van der Waals surface area contributed by atoms with Crippen molar-refractivity contribution in [1.82, 2.24) is 15.6 Å². The molecule has 1 heterocycles. The first-order chi connectivity index (χ1) is 28.3. The van der Waals surface area contributed by atoms with Crippen LogP contribution < -0.4 is 10.6 Å². The van der Waals surface area contributed by atoms with E-state index in [-0.39, 0.29) is 69.4 Å². The Morgan fingerprint density at radius 3 is 2.20 bits per heavy atom. The molecule has 0 radical (unpaired) electrons. The number of rotatable bonds is 8. The lowest BCUT2D eigenvalue weighted by Gasteiger charge is -2.72. The first-order valence-corrected chi connectivity index (χ1v) is 23.1. The lowest BCUT2D eigenvalue weighted by Crippen LogP contribution is -2.68. The summed E-state index contributed by atoms with van der Waals surface area (Å²) >= 11 is 0. The lowest BCUT2D eigenvalue weighted by atomic mass is 9.33. The Bertz CT molecular complexity index is 2240. The number of esters is 1. The summed E-state index contributed by atoms with van der Waals surface area (Å²) in [5.74, 6) is -1.75. The number of aliphatic carboxylic acids is 1. The van der Waals surface area contributed by atoms with Crippen LogP contribution in [0.25, 0.3) is 10.9 Å². The molecule has 1 aromatic heterocycles. The van der Waals surface area contributed by atoms with Gasteiger partial charge in [0.25, 0.3) is 5.91 Å². The number of carboxylic acid groups (broad SMARTS) is 1. The van der Waals surface area contributed by atoms with E-state index in [9.17, 15) is 29.1 Å². The lowest BCUT2D eigenvalue weighted by molar-refractivity contribution is -0.235. The number of hydrogen-bond donors (Lipinski definition) is 3. The van der Waals surface area contributed by atoms with Crippen LogP contribution in [0.1, 0.15) is 151 Å². The molecule has 1 unspecified atom stereocenters. The van der Waals surface area contributed by atoms with E-state index >= 15 is 0 Å². The summed E-state index contributed by atoms with van der Waals surface area (Å²) in [6.07, 6.45) is 7.62. The van der Waals surface area contributed by atoms with Gasteiger partial charge in [0, 0.05) is 17.2 Å². The minimum Gasteiger partial charge on any atom is -0.481 e. The average Bonchev–Trinajstić information content (AvgIpc) is 3.46. The van der Waals surface area contributed by atoms with Gasteiger partial charge in [-0.2, -0.15) is 0 Å². The van der Waals surface area contributed by atoms with Gasteiger partial charge in [0.2, 0.25) is 5.91 Å². The normalized spacial score (nSPS) is 37.4. The zero-order valence-corrected chi connectivity index (χ0v) is 38.4. The maximum atomic E-state index is 14.5. The number of aromatic nitrogens is 1. The van der Waals surface area contributed by atoms with E-state index in [0.29, 0.717) is 30.2 Å². The fourth-order valence-corrected chi connectivity index (χ4v) is 14.9. The SMILES string of the molecule is CC(C)C1=C2[C@H]3CC[C@@H]4[C@@]5(C)CC[C@H](OC(=O)C6C[C@@H](C(=O)O)C6(C)C)C(C)(C)[C@@H]5CC[C@@]4(C)[C@]3(C)CC[C@@]2(NC(=O)C(C)(C)NC(=O)c2ccc3ccccc3n2)CC1=O. The number of nitrogens with zero attached hydrogens (tertiary/aromatic N) is 1. The maximum absolute atomic E-state index is 14.5. The highest BCUT2D eigenvalue weighted by Crippen LogP contribution is 2.76. The molecule has 5 saturated carbocycles. The van der Waals surface area contributed by atoms with E-state index in [1.807, 2.05) is 44.2 Å². The number of carbonyl (C=O) groups is 5. The van der Waals surface area contributed by atoms with E-state index in [0.717, 1.165) is 61.5 Å². The van der Waals surface area contributed by atoms with Crippen LogP contribution in [0.2, 0.25) is 0 Å². The van der Waals surface area contributed by atoms with Crippen LogP contribution in [0, 0.1) is 62.6 Å². The summed E-state index contributed by atoms with van der Waals surface area (Å²) in [4.78, 5) is 72.4. The first-order valence-electron chi connectivity index (χ1n) is 23.1. The molecule has 10 atom stereocenters. The van der Waals surface area contributed by atoms with E-state index in [1.54, 1.807) is 19.9 Å². The highest BCUT2D eigenvalue weighted by Gasteiger charge is 2.71. The number of amides is 2. The predicted octanol–water partition coefficient (Wildman–Crippen LogP) is 9.25. The van der Waals surface area contributed by atoms with Crippen LogP contribution in [0.3, 0.4) is 0 Å². The average molecular weight is 836 g/mol. The van der Waals surface area contributed by atoms with Gasteiger partial charge < -0.3 is 20.5 Å². The number of ether oxygens (including phenoxy) is 1. The fraction of sp³-hybridized carbons (Fsp3) is 0.686. The fourth-order valence-electron chi connectivity index (χ4n) is 14.9. The molecule has 6 aliphatic carbocycles. The van der Waals surface area contributed by atoms with E-state index < -0.39 is 40.2 Å². The number of pyridine rings is 1. The molecule has 2 amide bonds. The molecule has 330 valence electrons. The van der Waals surface area contributed by atoms with Crippen LogP contribution >= 0.6 is 0 Å². The Labute approximate surface area is 362 Å². The molecule has 0 bridgehead atoms. The van der Waals surface area contributed by atoms with Gasteiger partial charge in [-0.25, -0.2) is 4.98 Å². The molecule has 0 aliphatic heterocycles. The molecule has 0 spiro atoms. The molecule has 0 saturated heterocycles. The zero-order valence-electron chi connectivity index (χ0n) is 38.4. The quantitative estimate of drug-likeness (QED) is 0.223. The number of fused-ring (bicyclic) bond motifs is 8. The van der Waals surface area contributed by atoms with Crippen LogP contribution in [0.4, 0.5) is 0 Å². The highest BCUT2D eigenvalue weighted by molar-refractivity contribution is 6.03. The molecule has 10 nitrogen and oxygen atoms in total. The summed E-state index contributed by atoms with van der Waals surface area (Å²) in [6.45, 7) is 23.5. The Morgan fingerprint density at radius 2 is 1.52 bits per heavy atom. The van der Waals surface area contributed by atoms with Gasteiger partial charge in [0.1, 0.15) is 17.3 Å². The number of carbonyl (C=O) groups excluding carboxylic acids is 4. The van der Waals surface area contributed by atoms with Gasteiger partial charge in [-0.05, 0) is 140 Å². The van der Waals surface area contributed by atoms with Gasteiger partial charge in [-0.3, -0.25) is 24.0 Å². The van der Waals surface area contributed by atoms with Gasteiger partial charge >= 0.3 is 11.9 Å². The summed E-state index contributed by atoms with van der Waals surface area (Å²) in [5, 5.41) is 17.0. The number of nitrogens with one attached hydrogen (secondary N) is 2. The van der Waals surface area contributed by atoms with Crippen molar-refractivity contribution in [3.8, 4) is 0 Å². The molecule has 6 aliphatic rings. The largest absolute Gasteiger partial charge is 0.481 e. The van der Waals surface area contributed by atoms with E-state index in [4.69, 9.17) is 4.74 Å². The Hall–Kier alpha value is -4.08. The first kappa shape index (κ1) is 43.6. The Balaban J connectivity index is 1.03. The van der Waals surface area contributed by atoms with Gasteiger partial charge in [0.15, 0.2) is 5.78 Å². The van der Waals surface area contributed by atoms with Crippen molar-refractivity contribution in [3.05, 3.63) is 53.2 Å². The summed E-state index contributed by atoms with van der Waals surface area (Å²) in [5.41, 5.74) is -0.139.